The highest BCUT2D eigenvalue weighted by molar-refractivity contribution is 5.93. The van der Waals surface area contributed by atoms with Crippen LogP contribution in [0, 0.1) is 6.92 Å². The van der Waals surface area contributed by atoms with Crippen molar-refractivity contribution in [1.82, 2.24) is 4.98 Å². The molecule has 0 saturated heterocycles. The van der Waals surface area contributed by atoms with Crippen molar-refractivity contribution in [3.8, 4) is 5.75 Å². The van der Waals surface area contributed by atoms with E-state index in [1.54, 1.807) is 31.5 Å². The highest BCUT2D eigenvalue weighted by Gasteiger charge is 2.14. The first-order chi connectivity index (χ1) is 9.15. The second-order valence-electron chi connectivity index (χ2n) is 4.30. The Morgan fingerprint density at radius 3 is 2.68 bits per heavy atom. The van der Waals surface area contributed by atoms with Gasteiger partial charge >= 0.3 is 0 Å². The summed E-state index contributed by atoms with van der Waals surface area (Å²) in [6.07, 6.45) is 2.69. The summed E-state index contributed by atoms with van der Waals surface area (Å²) in [6.45, 7) is 3.70. The number of amides is 1. The molecule has 0 unspecified atom stereocenters. The maximum Gasteiger partial charge on any atom is 0.265 e. The molecule has 4 nitrogen and oxygen atoms in total. The lowest BCUT2D eigenvalue weighted by Crippen LogP contribution is -2.30. The molecule has 0 aliphatic heterocycles. The first kappa shape index (κ1) is 13.1. The molecular formula is C15H16N2O2. The number of aromatic nitrogens is 1. The lowest BCUT2D eigenvalue weighted by atomic mass is 10.2. The third-order valence-electron chi connectivity index (χ3n) is 2.62. The fraction of sp³-hybridized carbons (Fsp3) is 0.200. The van der Waals surface area contributed by atoms with E-state index in [1.807, 2.05) is 31.2 Å². The molecule has 0 saturated carbocycles. The van der Waals surface area contributed by atoms with Gasteiger partial charge in [0.1, 0.15) is 5.75 Å². The number of nitrogens with zero attached hydrogens (tertiary/aromatic N) is 1. The third-order valence-corrected chi connectivity index (χ3v) is 2.62. The average molecular weight is 256 g/mol. The maximum absolute atomic E-state index is 11.9. The zero-order chi connectivity index (χ0) is 13.7. The van der Waals surface area contributed by atoms with Gasteiger partial charge in [0, 0.05) is 18.1 Å². The molecule has 0 radical (unpaired) electrons. The summed E-state index contributed by atoms with van der Waals surface area (Å²) in [6, 6.07) is 11.1. The molecule has 0 aliphatic rings. The fourth-order valence-electron chi connectivity index (χ4n) is 1.63. The standard InChI is InChI=1S/C15H16N2O2/c1-11-4-3-5-14(10-11)19-12(2)15(18)17-13-6-8-16-9-7-13/h3-10,12H,1-2H3,(H,16,17,18)/t12-/m1/s1. The molecule has 4 heteroatoms. The van der Waals surface area contributed by atoms with Crippen molar-refractivity contribution >= 4 is 11.6 Å². The number of benzene rings is 1. The van der Waals surface area contributed by atoms with E-state index in [0.717, 1.165) is 5.56 Å². The number of anilines is 1. The Morgan fingerprint density at radius 2 is 2.00 bits per heavy atom. The van der Waals surface area contributed by atoms with Crippen LogP contribution in [0.3, 0.4) is 0 Å². The average Bonchev–Trinajstić information content (AvgIpc) is 2.40. The minimum Gasteiger partial charge on any atom is -0.481 e. The minimum absolute atomic E-state index is 0.187. The summed E-state index contributed by atoms with van der Waals surface area (Å²) in [7, 11) is 0. The number of carbonyl (C=O) groups is 1. The van der Waals surface area contributed by atoms with E-state index < -0.39 is 6.10 Å². The first-order valence-electron chi connectivity index (χ1n) is 6.09. The van der Waals surface area contributed by atoms with Crippen LogP contribution < -0.4 is 10.1 Å². The monoisotopic (exact) mass is 256 g/mol. The van der Waals surface area contributed by atoms with Crippen molar-refractivity contribution in [1.29, 1.82) is 0 Å². The number of hydrogen-bond acceptors (Lipinski definition) is 3. The summed E-state index contributed by atoms with van der Waals surface area (Å²) in [5, 5.41) is 2.77. The largest absolute Gasteiger partial charge is 0.481 e. The normalized spacial score (nSPS) is 11.7. The Kier molecular flexibility index (Phi) is 4.13. The molecule has 0 bridgehead atoms. The predicted molar refractivity (Wildman–Crippen MR) is 74.1 cm³/mol. The van der Waals surface area contributed by atoms with E-state index in [0.29, 0.717) is 11.4 Å². The van der Waals surface area contributed by atoms with Crippen molar-refractivity contribution in [2.75, 3.05) is 5.32 Å². The molecule has 0 fully saturated rings. The van der Waals surface area contributed by atoms with E-state index in [4.69, 9.17) is 4.74 Å². The van der Waals surface area contributed by atoms with Crippen LogP contribution >= 0.6 is 0 Å². The van der Waals surface area contributed by atoms with Crippen molar-refractivity contribution in [2.24, 2.45) is 0 Å². The van der Waals surface area contributed by atoms with Gasteiger partial charge in [-0.25, -0.2) is 0 Å². The molecule has 1 amide bonds. The molecule has 19 heavy (non-hydrogen) atoms. The van der Waals surface area contributed by atoms with Crippen LogP contribution in [0.15, 0.2) is 48.8 Å². The summed E-state index contributed by atoms with van der Waals surface area (Å²) < 4.78 is 5.60. The second-order valence-corrected chi connectivity index (χ2v) is 4.30. The van der Waals surface area contributed by atoms with Crippen LogP contribution in [0.1, 0.15) is 12.5 Å². The van der Waals surface area contributed by atoms with Gasteiger partial charge in [-0.2, -0.15) is 0 Å². The summed E-state index contributed by atoms with van der Waals surface area (Å²) >= 11 is 0. The van der Waals surface area contributed by atoms with Crippen LogP contribution in [0.4, 0.5) is 5.69 Å². The smallest absolute Gasteiger partial charge is 0.265 e. The molecule has 2 rings (SSSR count). The highest BCUT2D eigenvalue weighted by atomic mass is 16.5. The molecule has 98 valence electrons. The van der Waals surface area contributed by atoms with Crippen molar-refractivity contribution < 1.29 is 9.53 Å². The number of hydrogen-bond donors (Lipinski definition) is 1. The van der Waals surface area contributed by atoms with Gasteiger partial charge in [-0.1, -0.05) is 12.1 Å². The van der Waals surface area contributed by atoms with E-state index >= 15 is 0 Å². The van der Waals surface area contributed by atoms with Gasteiger partial charge in [-0.05, 0) is 43.7 Å². The summed E-state index contributed by atoms with van der Waals surface area (Å²) in [4.78, 5) is 15.8. The Balaban J connectivity index is 1.96. The molecular weight excluding hydrogens is 240 g/mol. The van der Waals surface area contributed by atoms with Crippen molar-refractivity contribution in [3.63, 3.8) is 0 Å². The van der Waals surface area contributed by atoms with Crippen LogP contribution in [0.5, 0.6) is 5.75 Å². The zero-order valence-corrected chi connectivity index (χ0v) is 11.0. The van der Waals surface area contributed by atoms with Crippen molar-refractivity contribution in [2.45, 2.75) is 20.0 Å². The number of nitrogens with one attached hydrogen (secondary N) is 1. The molecule has 0 aliphatic carbocycles. The van der Waals surface area contributed by atoms with Crippen LogP contribution in [-0.4, -0.2) is 17.0 Å². The number of carbonyl (C=O) groups excluding carboxylic acids is 1. The highest BCUT2D eigenvalue weighted by Crippen LogP contribution is 2.15. The molecule has 1 atom stereocenters. The van der Waals surface area contributed by atoms with E-state index in [9.17, 15) is 4.79 Å². The van der Waals surface area contributed by atoms with Gasteiger partial charge in [0.05, 0.1) is 0 Å². The molecule has 2 aromatic rings. The van der Waals surface area contributed by atoms with Crippen LogP contribution in [0.2, 0.25) is 0 Å². The van der Waals surface area contributed by atoms with Gasteiger partial charge in [-0.15, -0.1) is 0 Å². The quantitative estimate of drug-likeness (QED) is 0.915. The SMILES string of the molecule is Cc1cccc(O[C@H](C)C(=O)Nc2ccncc2)c1. The Hall–Kier alpha value is -2.36. The van der Waals surface area contributed by atoms with Crippen LogP contribution in [-0.2, 0) is 4.79 Å². The van der Waals surface area contributed by atoms with E-state index in [-0.39, 0.29) is 5.91 Å². The third kappa shape index (κ3) is 3.81. The van der Waals surface area contributed by atoms with E-state index in [2.05, 4.69) is 10.3 Å². The zero-order valence-electron chi connectivity index (χ0n) is 11.0. The second kappa shape index (κ2) is 6.00. The van der Waals surface area contributed by atoms with E-state index in [1.165, 1.54) is 0 Å². The Labute approximate surface area is 112 Å². The van der Waals surface area contributed by atoms with Gasteiger partial charge in [0.15, 0.2) is 6.10 Å². The van der Waals surface area contributed by atoms with Gasteiger partial charge in [0.25, 0.3) is 5.91 Å². The number of aryl methyl sites for hydroxylation is 1. The molecule has 1 aromatic heterocycles. The maximum atomic E-state index is 11.9. The van der Waals surface area contributed by atoms with Gasteiger partial charge < -0.3 is 10.1 Å². The fourth-order valence-corrected chi connectivity index (χ4v) is 1.63. The molecule has 1 aromatic carbocycles. The Bertz CT molecular complexity index is 555. The first-order valence-corrected chi connectivity index (χ1v) is 6.09. The Morgan fingerprint density at radius 1 is 1.26 bits per heavy atom. The minimum atomic E-state index is -0.560. The lowest BCUT2D eigenvalue weighted by Gasteiger charge is -2.15. The number of pyridine rings is 1. The van der Waals surface area contributed by atoms with Gasteiger partial charge in [0.2, 0.25) is 0 Å². The molecule has 1 heterocycles. The molecule has 1 N–H and O–H groups in total. The number of rotatable bonds is 4. The van der Waals surface area contributed by atoms with Crippen LogP contribution in [0.25, 0.3) is 0 Å². The predicted octanol–water partition coefficient (Wildman–Crippen LogP) is 2.80. The van der Waals surface area contributed by atoms with Crippen molar-refractivity contribution in [3.05, 3.63) is 54.4 Å². The lowest BCUT2D eigenvalue weighted by molar-refractivity contribution is -0.122. The summed E-state index contributed by atoms with van der Waals surface area (Å²) in [5.74, 6) is 0.505. The number of ether oxygens (including phenoxy) is 1. The van der Waals surface area contributed by atoms with Gasteiger partial charge in [-0.3, -0.25) is 9.78 Å². The topological polar surface area (TPSA) is 51.2 Å². The summed E-state index contributed by atoms with van der Waals surface area (Å²) in [5.41, 5.74) is 1.80. The molecule has 0 spiro atoms.